The molecule has 1 aliphatic heterocycles. The molecule has 0 saturated carbocycles. The molecule has 0 N–H and O–H groups in total. The van der Waals surface area contributed by atoms with Crippen molar-refractivity contribution < 1.29 is 0 Å². The lowest BCUT2D eigenvalue weighted by Gasteiger charge is -2.26. The number of hydrogen-bond acceptors (Lipinski definition) is 5. The Bertz CT molecular complexity index is 916. The van der Waals surface area contributed by atoms with Crippen LogP contribution in [0.5, 0.6) is 0 Å². The van der Waals surface area contributed by atoms with Crippen LogP contribution in [0.25, 0.3) is 17.1 Å². The third-order valence-electron chi connectivity index (χ3n) is 5.46. The lowest BCUT2D eigenvalue weighted by Crippen LogP contribution is -2.31. The predicted molar refractivity (Wildman–Crippen MR) is 115 cm³/mol. The van der Waals surface area contributed by atoms with Crippen molar-refractivity contribution in [2.75, 3.05) is 25.4 Å². The van der Waals surface area contributed by atoms with Gasteiger partial charge >= 0.3 is 0 Å². The minimum absolute atomic E-state index is 0.849. The predicted octanol–water partition coefficient (Wildman–Crippen LogP) is 4.52. The van der Waals surface area contributed by atoms with E-state index in [4.69, 9.17) is 0 Å². The van der Waals surface area contributed by atoms with Crippen LogP contribution in [0.2, 0.25) is 0 Å². The summed E-state index contributed by atoms with van der Waals surface area (Å²) >= 11 is 1.79. The number of benzene rings is 1. The zero-order valence-corrected chi connectivity index (χ0v) is 17.5. The number of aromatic nitrogens is 4. The molecule has 1 aliphatic rings. The molecule has 0 spiro atoms. The smallest absolute Gasteiger partial charge is 0.196 e. The van der Waals surface area contributed by atoms with Crippen LogP contribution in [0.3, 0.4) is 0 Å². The summed E-state index contributed by atoms with van der Waals surface area (Å²) in [6.45, 7) is 7.87. The molecule has 1 aromatic carbocycles. The monoisotopic (exact) mass is 393 g/mol. The molecule has 0 bridgehead atoms. The van der Waals surface area contributed by atoms with Gasteiger partial charge in [-0.3, -0.25) is 9.55 Å². The summed E-state index contributed by atoms with van der Waals surface area (Å²) in [7, 11) is 0. The summed E-state index contributed by atoms with van der Waals surface area (Å²) < 4.78 is 2.19. The van der Waals surface area contributed by atoms with Crippen LogP contribution in [-0.2, 0) is 0 Å². The summed E-state index contributed by atoms with van der Waals surface area (Å²) in [5.74, 6) is 1.87. The second-order valence-electron chi connectivity index (χ2n) is 7.35. The maximum atomic E-state index is 4.55. The quantitative estimate of drug-likeness (QED) is 0.576. The first kappa shape index (κ1) is 19.2. The van der Waals surface area contributed by atoms with E-state index in [1.807, 2.05) is 18.3 Å². The van der Waals surface area contributed by atoms with Gasteiger partial charge in [0.25, 0.3) is 0 Å². The fourth-order valence-corrected chi connectivity index (χ4v) is 4.63. The van der Waals surface area contributed by atoms with Gasteiger partial charge in [0, 0.05) is 30.3 Å². The van der Waals surface area contributed by atoms with Gasteiger partial charge in [0.1, 0.15) is 0 Å². The number of nitrogens with zero attached hydrogens (tertiary/aromatic N) is 5. The second kappa shape index (κ2) is 8.88. The Hall–Kier alpha value is -2.18. The van der Waals surface area contributed by atoms with Gasteiger partial charge in [-0.25, -0.2) is 0 Å². The zero-order chi connectivity index (χ0) is 19.3. The molecule has 0 amide bonds. The maximum absolute atomic E-state index is 4.55. The van der Waals surface area contributed by atoms with E-state index in [0.717, 1.165) is 34.5 Å². The van der Waals surface area contributed by atoms with Crippen molar-refractivity contribution in [3.63, 3.8) is 0 Å². The molecular formula is C22H27N5S. The topological polar surface area (TPSA) is 46.8 Å². The van der Waals surface area contributed by atoms with E-state index >= 15 is 0 Å². The Morgan fingerprint density at radius 1 is 1.00 bits per heavy atom. The van der Waals surface area contributed by atoms with E-state index < -0.39 is 0 Å². The van der Waals surface area contributed by atoms with Crippen LogP contribution in [-0.4, -0.2) is 50.0 Å². The lowest BCUT2D eigenvalue weighted by atomic mass is 10.1. The Kier molecular flexibility index (Phi) is 6.07. The van der Waals surface area contributed by atoms with Crippen LogP contribution in [0.4, 0.5) is 0 Å². The van der Waals surface area contributed by atoms with Crippen LogP contribution < -0.4 is 0 Å². The number of aryl methyl sites for hydroxylation is 1. The van der Waals surface area contributed by atoms with Gasteiger partial charge in [0.15, 0.2) is 11.0 Å². The van der Waals surface area contributed by atoms with Gasteiger partial charge in [-0.05, 0) is 69.1 Å². The number of pyridine rings is 1. The summed E-state index contributed by atoms with van der Waals surface area (Å²) in [5, 5.41) is 10.0. The fourth-order valence-electron chi connectivity index (χ4n) is 3.69. The van der Waals surface area contributed by atoms with E-state index in [9.17, 15) is 0 Å². The zero-order valence-electron chi connectivity index (χ0n) is 16.6. The molecule has 5 nitrogen and oxygen atoms in total. The molecule has 0 aliphatic carbocycles. The fraction of sp³-hybridized carbons (Fsp3) is 0.409. The lowest BCUT2D eigenvalue weighted by molar-refractivity contribution is 0.242. The minimum atomic E-state index is 0.849. The first-order valence-corrected chi connectivity index (χ1v) is 11.0. The highest BCUT2D eigenvalue weighted by molar-refractivity contribution is 7.99. The van der Waals surface area contributed by atoms with Gasteiger partial charge in [-0.2, -0.15) is 0 Å². The van der Waals surface area contributed by atoms with Crippen molar-refractivity contribution >= 4 is 11.8 Å². The second-order valence-corrected chi connectivity index (χ2v) is 8.42. The number of rotatable bonds is 6. The molecule has 1 fully saturated rings. The molecule has 2 aromatic heterocycles. The summed E-state index contributed by atoms with van der Waals surface area (Å²) in [6.07, 6.45) is 7.67. The first-order valence-electron chi connectivity index (χ1n) is 10.0. The Labute approximate surface area is 171 Å². The highest BCUT2D eigenvalue weighted by atomic mass is 32.2. The molecule has 6 heteroatoms. The van der Waals surface area contributed by atoms with E-state index in [-0.39, 0.29) is 0 Å². The summed E-state index contributed by atoms with van der Waals surface area (Å²) in [4.78, 5) is 6.84. The van der Waals surface area contributed by atoms with Crippen LogP contribution >= 0.6 is 11.8 Å². The van der Waals surface area contributed by atoms with Crippen molar-refractivity contribution in [3.8, 4) is 17.1 Å². The van der Waals surface area contributed by atoms with E-state index in [1.165, 1.54) is 43.5 Å². The third-order valence-corrected chi connectivity index (χ3v) is 6.37. The molecule has 3 aromatic rings. The van der Waals surface area contributed by atoms with Crippen LogP contribution in [0, 0.1) is 13.8 Å². The molecule has 146 valence electrons. The van der Waals surface area contributed by atoms with Gasteiger partial charge in [-0.1, -0.05) is 30.3 Å². The third kappa shape index (κ3) is 4.13. The first-order chi connectivity index (χ1) is 13.7. The average molecular weight is 394 g/mol. The van der Waals surface area contributed by atoms with Crippen molar-refractivity contribution in [1.29, 1.82) is 0 Å². The van der Waals surface area contributed by atoms with Crippen molar-refractivity contribution in [2.24, 2.45) is 0 Å². The molecule has 3 heterocycles. The van der Waals surface area contributed by atoms with E-state index in [0.29, 0.717) is 0 Å². The normalized spacial score (nSPS) is 15.1. The number of likely N-dealkylation sites (tertiary alicyclic amines) is 1. The van der Waals surface area contributed by atoms with Crippen molar-refractivity contribution in [1.82, 2.24) is 24.6 Å². The molecular weight excluding hydrogens is 366 g/mol. The van der Waals surface area contributed by atoms with Crippen molar-refractivity contribution in [3.05, 3.63) is 53.9 Å². The molecule has 0 atom stereocenters. The Morgan fingerprint density at radius 3 is 2.64 bits per heavy atom. The minimum Gasteiger partial charge on any atom is -0.303 e. The average Bonchev–Trinajstić information content (AvgIpc) is 3.15. The number of hydrogen-bond donors (Lipinski definition) is 0. The largest absolute Gasteiger partial charge is 0.303 e. The molecule has 4 rings (SSSR count). The SMILES string of the molecule is Cc1cccc(-n2c(SCCN3CCCCC3)nnc2-c2cccnc2)c1C. The molecule has 0 radical (unpaired) electrons. The highest BCUT2D eigenvalue weighted by Gasteiger charge is 2.19. The number of thioether (sulfide) groups is 1. The number of piperidine rings is 1. The molecule has 28 heavy (non-hydrogen) atoms. The maximum Gasteiger partial charge on any atom is 0.196 e. The van der Waals surface area contributed by atoms with Gasteiger partial charge in [0.2, 0.25) is 0 Å². The molecule has 0 unspecified atom stereocenters. The van der Waals surface area contributed by atoms with Gasteiger partial charge < -0.3 is 4.90 Å². The Balaban J connectivity index is 1.64. The van der Waals surface area contributed by atoms with Crippen molar-refractivity contribution in [2.45, 2.75) is 38.3 Å². The summed E-state index contributed by atoms with van der Waals surface area (Å²) in [5.41, 5.74) is 4.65. The van der Waals surface area contributed by atoms with Crippen LogP contribution in [0.1, 0.15) is 30.4 Å². The standard InChI is InChI=1S/C22H27N5S/c1-17-8-6-10-20(18(17)2)27-21(19-9-7-11-23-16-19)24-25-22(27)28-15-14-26-12-4-3-5-13-26/h6-11,16H,3-5,12-15H2,1-2H3. The van der Waals surface area contributed by atoms with E-state index in [2.05, 4.69) is 56.7 Å². The van der Waals surface area contributed by atoms with Gasteiger partial charge in [-0.15, -0.1) is 10.2 Å². The molecule has 1 saturated heterocycles. The highest BCUT2D eigenvalue weighted by Crippen LogP contribution is 2.30. The van der Waals surface area contributed by atoms with Gasteiger partial charge in [0.05, 0.1) is 5.69 Å². The Morgan fingerprint density at radius 2 is 1.86 bits per heavy atom. The summed E-state index contributed by atoms with van der Waals surface area (Å²) in [6, 6.07) is 10.4. The van der Waals surface area contributed by atoms with Crippen LogP contribution in [0.15, 0.2) is 47.9 Å². The van der Waals surface area contributed by atoms with E-state index in [1.54, 1.807) is 18.0 Å².